The molecule has 4 rings (SSSR count). The zero-order chi connectivity index (χ0) is 17.2. The first-order valence-corrected chi connectivity index (χ1v) is 8.83. The Morgan fingerprint density at radius 1 is 1.16 bits per heavy atom. The van der Waals surface area contributed by atoms with Crippen molar-refractivity contribution >= 4 is 33.1 Å². The Bertz CT molecular complexity index is 1020. The minimum absolute atomic E-state index is 0.136. The molecule has 2 aromatic heterocycles. The third-order valence-corrected chi connectivity index (χ3v) is 4.84. The normalized spacial score (nSPS) is 12.2. The summed E-state index contributed by atoms with van der Waals surface area (Å²) in [4.78, 5) is 16.9. The predicted molar refractivity (Wildman–Crippen MR) is 101 cm³/mol. The number of anilines is 1. The molecule has 4 aromatic rings. The van der Waals surface area contributed by atoms with E-state index in [1.807, 2.05) is 17.5 Å². The second-order valence-corrected chi connectivity index (χ2v) is 6.61. The Morgan fingerprint density at radius 2 is 2.00 bits per heavy atom. The number of thiazole rings is 1. The number of fused-ring (bicyclic) bond motifs is 1. The van der Waals surface area contributed by atoms with Gasteiger partial charge in [0.1, 0.15) is 6.04 Å². The number of rotatable bonds is 4. The van der Waals surface area contributed by atoms with Crippen molar-refractivity contribution in [1.29, 1.82) is 0 Å². The van der Waals surface area contributed by atoms with Gasteiger partial charge >= 0.3 is 0 Å². The quantitative estimate of drug-likeness (QED) is 0.596. The van der Waals surface area contributed by atoms with E-state index in [9.17, 15) is 4.79 Å². The van der Waals surface area contributed by atoms with Gasteiger partial charge in [0.15, 0.2) is 5.13 Å². The Balaban J connectivity index is 1.54. The van der Waals surface area contributed by atoms with Crippen LogP contribution in [-0.4, -0.2) is 20.7 Å². The lowest BCUT2D eigenvalue weighted by molar-refractivity contribution is -0.119. The molecule has 124 valence electrons. The molecule has 0 saturated carbocycles. The molecule has 1 amide bonds. The summed E-state index contributed by atoms with van der Waals surface area (Å²) in [7, 11) is 0. The number of amides is 1. The molecule has 6 heteroatoms. The van der Waals surface area contributed by atoms with Gasteiger partial charge in [-0.1, -0.05) is 36.4 Å². The van der Waals surface area contributed by atoms with E-state index in [1.54, 1.807) is 30.1 Å². The molecule has 0 bridgehead atoms. The van der Waals surface area contributed by atoms with Crippen LogP contribution in [0, 0.1) is 0 Å². The summed E-state index contributed by atoms with van der Waals surface area (Å²) in [5.74, 6) is -0.136. The van der Waals surface area contributed by atoms with Crippen LogP contribution >= 0.6 is 11.3 Å². The van der Waals surface area contributed by atoms with Crippen molar-refractivity contribution in [3.63, 3.8) is 0 Å². The summed E-state index contributed by atoms with van der Waals surface area (Å²) < 4.78 is 1.62. The van der Waals surface area contributed by atoms with Gasteiger partial charge in [0.25, 0.3) is 5.91 Å². The molecule has 0 aliphatic carbocycles. The number of hydrogen-bond acceptors (Lipinski definition) is 4. The Labute approximate surface area is 149 Å². The van der Waals surface area contributed by atoms with E-state index >= 15 is 0 Å². The fraction of sp³-hybridized carbons (Fsp3) is 0.105. The highest BCUT2D eigenvalue weighted by Gasteiger charge is 2.16. The number of carbonyl (C=O) groups is 1. The van der Waals surface area contributed by atoms with Crippen LogP contribution in [0.15, 0.2) is 66.3 Å². The first-order valence-electron chi connectivity index (χ1n) is 7.95. The molecule has 1 unspecified atom stereocenters. The monoisotopic (exact) mass is 348 g/mol. The average molecular weight is 348 g/mol. The number of nitrogens with zero attached hydrogens (tertiary/aromatic N) is 3. The van der Waals surface area contributed by atoms with Crippen LogP contribution in [0.5, 0.6) is 0 Å². The molecule has 0 saturated heterocycles. The molecule has 0 aliphatic heterocycles. The molecular formula is C19H16N4OS. The Kier molecular flexibility index (Phi) is 4.03. The Morgan fingerprint density at radius 3 is 2.80 bits per heavy atom. The van der Waals surface area contributed by atoms with E-state index in [2.05, 4.69) is 45.7 Å². The molecule has 0 aliphatic rings. The van der Waals surface area contributed by atoms with Crippen LogP contribution < -0.4 is 5.32 Å². The average Bonchev–Trinajstić information content (AvgIpc) is 3.32. The van der Waals surface area contributed by atoms with Crippen molar-refractivity contribution in [2.24, 2.45) is 0 Å². The number of carbonyl (C=O) groups excluding carboxylic acids is 1. The third-order valence-electron chi connectivity index (χ3n) is 4.08. The third kappa shape index (κ3) is 3.16. The minimum atomic E-state index is -0.386. The van der Waals surface area contributed by atoms with E-state index < -0.39 is 0 Å². The fourth-order valence-electron chi connectivity index (χ4n) is 2.65. The summed E-state index contributed by atoms with van der Waals surface area (Å²) in [6.45, 7) is 1.81. The molecule has 1 N–H and O–H groups in total. The highest BCUT2D eigenvalue weighted by molar-refractivity contribution is 7.14. The number of aromatic nitrogens is 3. The largest absolute Gasteiger partial charge is 0.300 e. The highest BCUT2D eigenvalue weighted by Crippen LogP contribution is 2.28. The molecular weight excluding hydrogens is 332 g/mol. The van der Waals surface area contributed by atoms with E-state index in [1.165, 1.54) is 22.1 Å². The summed E-state index contributed by atoms with van der Waals surface area (Å²) in [5.41, 5.74) is 1.90. The maximum absolute atomic E-state index is 12.3. The van der Waals surface area contributed by atoms with Crippen LogP contribution in [0.4, 0.5) is 5.13 Å². The van der Waals surface area contributed by atoms with Gasteiger partial charge in [-0.25, -0.2) is 4.98 Å². The summed E-state index contributed by atoms with van der Waals surface area (Å²) in [6.07, 6.45) is 3.43. The molecule has 1 atom stereocenters. The van der Waals surface area contributed by atoms with Gasteiger partial charge in [0.2, 0.25) is 0 Å². The van der Waals surface area contributed by atoms with E-state index in [-0.39, 0.29) is 11.9 Å². The van der Waals surface area contributed by atoms with Crippen LogP contribution in [-0.2, 0) is 4.79 Å². The summed E-state index contributed by atoms with van der Waals surface area (Å²) >= 11 is 1.42. The zero-order valence-electron chi connectivity index (χ0n) is 13.6. The minimum Gasteiger partial charge on any atom is -0.300 e. The van der Waals surface area contributed by atoms with Gasteiger partial charge in [-0.3, -0.25) is 9.48 Å². The van der Waals surface area contributed by atoms with Crippen LogP contribution in [0.25, 0.3) is 22.0 Å². The topological polar surface area (TPSA) is 59.8 Å². The van der Waals surface area contributed by atoms with Crippen molar-refractivity contribution in [2.45, 2.75) is 13.0 Å². The molecule has 2 aromatic carbocycles. The van der Waals surface area contributed by atoms with Crippen molar-refractivity contribution in [3.8, 4) is 11.3 Å². The van der Waals surface area contributed by atoms with Gasteiger partial charge in [0.05, 0.1) is 5.69 Å². The fourth-order valence-corrected chi connectivity index (χ4v) is 3.37. The zero-order valence-corrected chi connectivity index (χ0v) is 14.4. The maximum atomic E-state index is 12.3. The van der Waals surface area contributed by atoms with E-state index in [0.717, 1.165) is 11.3 Å². The van der Waals surface area contributed by atoms with Gasteiger partial charge in [-0.15, -0.1) is 11.3 Å². The molecule has 0 fully saturated rings. The standard InChI is InChI=1S/C19H16N4OS/c1-13(23-10-4-9-20-23)18(24)22-19-21-17(12-25-19)16-8-7-14-5-2-3-6-15(14)11-16/h2-13H,1H3,(H,21,22,24). The van der Waals surface area contributed by atoms with Gasteiger partial charge < -0.3 is 5.32 Å². The van der Waals surface area contributed by atoms with Crippen molar-refractivity contribution in [3.05, 3.63) is 66.3 Å². The SMILES string of the molecule is CC(C(=O)Nc1nc(-c2ccc3ccccc3c2)cs1)n1cccn1. The van der Waals surface area contributed by atoms with Crippen molar-refractivity contribution < 1.29 is 4.79 Å². The maximum Gasteiger partial charge on any atom is 0.250 e. The van der Waals surface area contributed by atoms with Gasteiger partial charge in [0, 0.05) is 23.3 Å². The van der Waals surface area contributed by atoms with E-state index in [4.69, 9.17) is 0 Å². The van der Waals surface area contributed by atoms with Crippen molar-refractivity contribution in [2.75, 3.05) is 5.32 Å². The molecule has 25 heavy (non-hydrogen) atoms. The lowest BCUT2D eigenvalue weighted by atomic mass is 10.1. The lowest BCUT2D eigenvalue weighted by Gasteiger charge is -2.10. The molecule has 5 nitrogen and oxygen atoms in total. The van der Waals surface area contributed by atoms with Crippen molar-refractivity contribution in [1.82, 2.24) is 14.8 Å². The summed E-state index contributed by atoms with van der Waals surface area (Å²) in [5, 5.41) is 11.9. The van der Waals surface area contributed by atoms with Crippen LogP contribution in [0.2, 0.25) is 0 Å². The Hall–Kier alpha value is -2.99. The number of benzene rings is 2. The predicted octanol–water partition coefficient (Wildman–Crippen LogP) is 4.36. The highest BCUT2D eigenvalue weighted by atomic mass is 32.1. The second kappa shape index (κ2) is 6.49. The second-order valence-electron chi connectivity index (χ2n) is 5.75. The first kappa shape index (κ1) is 15.5. The smallest absolute Gasteiger partial charge is 0.250 e. The van der Waals surface area contributed by atoms with Crippen LogP contribution in [0.3, 0.4) is 0 Å². The summed E-state index contributed by atoms with van der Waals surface area (Å²) in [6, 6.07) is 15.9. The lowest BCUT2D eigenvalue weighted by Crippen LogP contribution is -2.23. The first-order chi connectivity index (χ1) is 12.2. The number of nitrogens with one attached hydrogen (secondary N) is 1. The number of hydrogen-bond donors (Lipinski definition) is 1. The van der Waals surface area contributed by atoms with Crippen LogP contribution in [0.1, 0.15) is 13.0 Å². The van der Waals surface area contributed by atoms with Gasteiger partial charge in [-0.2, -0.15) is 5.10 Å². The molecule has 0 radical (unpaired) electrons. The molecule has 2 heterocycles. The van der Waals surface area contributed by atoms with E-state index in [0.29, 0.717) is 5.13 Å². The molecule has 0 spiro atoms. The van der Waals surface area contributed by atoms with Gasteiger partial charge in [-0.05, 0) is 29.8 Å².